The second kappa shape index (κ2) is 6.87. The summed E-state index contributed by atoms with van der Waals surface area (Å²) in [7, 11) is 1.28. The van der Waals surface area contributed by atoms with E-state index in [1.165, 1.54) is 31.4 Å². The Morgan fingerprint density at radius 2 is 1.89 bits per heavy atom. The van der Waals surface area contributed by atoms with E-state index in [2.05, 4.69) is 10.1 Å². The summed E-state index contributed by atoms with van der Waals surface area (Å²) >= 11 is 0. The van der Waals surface area contributed by atoms with Crippen LogP contribution in [0.3, 0.4) is 0 Å². The molecule has 0 saturated carbocycles. The first-order valence-corrected chi connectivity index (χ1v) is 6.13. The highest BCUT2D eigenvalue weighted by Crippen LogP contribution is 2.11. The van der Waals surface area contributed by atoms with Crippen LogP contribution in [-0.2, 0) is 9.53 Å². The Hall–Kier alpha value is -1.91. The fourth-order valence-corrected chi connectivity index (χ4v) is 1.62. The first-order valence-electron chi connectivity index (χ1n) is 6.13. The quantitative estimate of drug-likeness (QED) is 0.832. The average Bonchev–Trinajstić information content (AvgIpc) is 2.43. The lowest BCUT2D eigenvalue weighted by Gasteiger charge is -2.21. The minimum atomic E-state index is -0.701. The molecule has 1 aromatic carbocycles. The van der Waals surface area contributed by atoms with Crippen LogP contribution in [0.25, 0.3) is 0 Å². The molecule has 2 unspecified atom stereocenters. The van der Waals surface area contributed by atoms with Crippen LogP contribution in [0.15, 0.2) is 24.3 Å². The predicted octanol–water partition coefficient (Wildman–Crippen LogP) is 2.14. The molecule has 2 atom stereocenters. The van der Waals surface area contributed by atoms with Crippen molar-refractivity contribution in [1.29, 1.82) is 0 Å². The summed E-state index contributed by atoms with van der Waals surface area (Å²) in [5, 5.41) is 2.62. The number of nitrogens with one attached hydrogen (secondary N) is 1. The third-order valence-electron chi connectivity index (χ3n) is 3.06. The minimum absolute atomic E-state index is 0.0446. The van der Waals surface area contributed by atoms with Gasteiger partial charge in [-0.15, -0.1) is 0 Å². The normalized spacial score (nSPS) is 13.5. The van der Waals surface area contributed by atoms with Gasteiger partial charge in [0.25, 0.3) is 5.91 Å². The molecule has 1 amide bonds. The SMILES string of the molecule is CCC(C)C(NC(=O)c1ccc(F)cc1)C(=O)OC. The monoisotopic (exact) mass is 267 g/mol. The Labute approximate surface area is 112 Å². The molecule has 0 radical (unpaired) electrons. The van der Waals surface area contributed by atoms with Crippen LogP contribution < -0.4 is 5.32 Å². The lowest BCUT2D eigenvalue weighted by atomic mass is 9.99. The molecule has 0 heterocycles. The van der Waals surface area contributed by atoms with Gasteiger partial charge in [-0.2, -0.15) is 0 Å². The molecular formula is C14H18FNO3. The minimum Gasteiger partial charge on any atom is -0.467 e. The van der Waals surface area contributed by atoms with Gasteiger partial charge in [-0.1, -0.05) is 20.3 Å². The summed E-state index contributed by atoms with van der Waals surface area (Å²) in [5.41, 5.74) is 0.304. The smallest absolute Gasteiger partial charge is 0.328 e. The van der Waals surface area contributed by atoms with Crippen molar-refractivity contribution in [3.8, 4) is 0 Å². The van der Waals surface area contributed by atoms with Gasteiger partial charge in [0.05, 0.1) is 7.11 Å². The maximum absolute atomic E-state index is 12.8. The van der Waals surface area contributed by atoms with Crippen LogP contribution in [0.2, 0.25) is 0 Å². The molecule has 1 N–H and O–H groups in total. The first kappa shape index (κ1) is 15.1. The zero-order chi connectivity index (χ0) is 14.4. The molecule has 0 aliphatic carbocycles. The molecule has 1 aromatic rings. The second-order valence-electron chi connectivity index (χ2n) is 4.37. The van der Waals surface area contributed by atoms with E-state index in [0.29, 0.717) is 5.56 Å². The van der Waals surface area contributed by atoms with E-state index in [1.807, 2.05) is 13.8 Å². The summed E-state index contributed by atoms with van der Waals surface area (Å²) in [4.78, 5) is 23.6. The van der Waals surface area contributed by atoms with Crippen LogP contribution in [0.4, 0.5) is 4.39 Å². The van der Waals surface area contributed by atoms with Crippen LogP contribution in [0, 0.1) is 11.7 Å². The number of carbonyl (C=O) groups is 2. The van der Waals surface area contributed by atoms with E-state index in [0.717, 1.165) is 6.42 Å². The third-order valence-corrected chi connectivity index (χ3v) is 3.06. The molecule has 5 heteroatoms. The summed E-state index contributed by atoms with van der Waals surface area (Å²) < 4.78 is 17.4. The van der Waals surface area contributed by atoms with E-state index in [-0.39, 0.29) is 5.92 Å². The maximum atomic E-state index is 12.8. The van der Waals surface area contributed by atoms with Crippen LogP contribution in [-0.4, -0.2) is 25.0 Å². The third kappa shape index (κ3) is 4.05. The van der Waals surface area contributed by atoms with E-state index in [4.69, 9.17) is 0 Å². The Morgan fingerprint density at radius 1 is 1.32 bits per heavy atom. The molecule has 19 heavy (non-hydrogen) atoms. The number of hydrogen-bond donors (Lipinski definition) is 1. The van der Waals surface area contributed by atoms with Crippen molar-refractivity contribution in [2.45, 2.75) is 26.3 Å². The van der Waals surface area contributed by atoms with Crippen molar-refractivity contribution >= 4 is 11.9 Å². The van der Waals surface area contributed by atoms with Gasteiger partial charge in [0, 0.05) is 5.56 Å². The average molecular weight is 267 g/mol. The molecule has 0 spiro atoms. The Balaban J connectivity index is 2.81. The summed E-state index contributed by atoms with van der Waals surface area (Å²) in [6.07, 6.45) is 0.726. The van der Waals surface area contributed by atoms with E-state index >= 15 is 0 Å². The molecule has 0 bridgehead atoms. The summed E-state index contributed by atoms with van der Waals surface area (Å²) in [6.45, 7) is 3.77. The largest absolute Gasteiger partial charge is 0.467 e. The Kier molecular flexibility index (Phi) is 5.48. The molecule has 104 valence electrons. The van der Waals surface area contributed by atoms with Crippen LogP contribution >= 0.6 is 0 Å². The van der Waals surface area contributed by atoms with Crippen LogP contribution in [0.5, 0.6) is 0 Å². The topological polar surface area (TPSA) is 55.4 Å². The van der Waals surface area contributed by atoms with Gasteiger partial charge in [-0.25, -0.2) is 9.18 Å². The number of carbonyl (C=O) groups excluding carboxylic acids is 2. The molecule has 0 saturated heterocycles. The number of ether oxygens (including phenoxy) is 1. The Morgan fingerprint density at radius 3 is 2.37 bits per heavy atom. The van der Waals surface area contributed by atoms with Crippen LogP contribution in [0.1, 0.15) is 30.6 Å². The number of methoxy groups -OCH3 is 1. The van der Waals surface area contributed by atoms with Gasteiger partial charge in [-0.05, 0) is 30.2 Å². The molecule has 0 aliphatic heterocycles. The summed E-state index contributed by atoms with van der Waals surface area (Å²) in [6, 6.07) is 4.44. The number of rotatable bonds is 5. The van der Waals surface area contributed by atoms with Gasteiger partial charge in [0.1, 0.15) is 11.9 Å². The fourth-order valence-electron chi connectivity index (χ4n) is 1.62. The lowest BCUT2D eigenvalue weighted by molar-refractivity contribution is -0.144. The van der Waals surface area contributed by atoms with Gasteiger partial charge in [0.15, 0.2) is 0 Å². The van der Waals surface area contributed by atoms with Crippen molar-refractivity contribution < 1.29 is 18.7 Å². The van der Waals surface area contributed by atoms with E-state index in [9.17, 15) is 14.0 Å². The molecule has 1 rings (SSSR count). The zero-order valence-corrected chi connectivity index (χ0v) is 11.3. The van der Waals surface area contributed by atoms with Gasteiger partial charge < -0.3 is 10.1 Å². The number of amides is 1. The van der Waals surface area contributed by atoms with Crippen molar-refractivity contribution in [2.24, 2.45) is 5.92 Å². The maximum Gasteiger partial charge on any atom is 0.328 e. The Bertz CT molecular complexity index is 445. The summed E-state index contributed by atoms with van der Waals surface area (Å²) in [5.74, 6) is -1.36. The molecule has 0 fully saturated rings. The lowest BCUT2D eigenvalue weighted by Crippen LogP contribution is -2.45. The number of benzene rings is 1. The highest BCUT2D eigenvalue weighted by Gasteiger charge is 2.26. The van der Waals surface area contributed by atoms with Gasteiger partial charge in [-0.3, -0.25) is 4.79 Å². The molecule has 0 aliphatic rings. The van der Waals surface area contributed by atoms with Gasteiger partial charge >= 0.3 is 5.97 Å². The highest BCUT2D eigenvalue weighted by molar-refractivity contribution is 5.96. The van der Waals surface area contributed by atoms with E-state index in [1.54, 1.807) is 0 Å². The van der Waals surface area contributed by atoms with Gasteiger partial charge in [0.2, 0.25) is 0 Å². The first-order chi connectivity index (χ1) is 8.99. The van der Waals surface area contributed by atoms with Crippen molar-refractivity contribution in [3.05, 3.63) is 35.6 Å². The van der Waals surface area contributed by atoms with Crippen molar-refractivity contribution in [1.82, 2.24) is 5.32 Å². The molecule has 0 aromatic heterocycles. The molecular weight excluding hydrogens is 249 g/mol. The standard InChI is InChI=1S/C14H18FNO3/c1-4-9(2)12(14(18)19-3)16-13(17)10-5-7-11(15)8-6-10/h5-9,12H,4H2,1-3H3,(H,16,17). The molecule has 4 nitrogen and oxygen atoms in total. The van der Waals surface area contributed by atoms with E-state index < -0.39 is 23.7 Å². The van der Waals surface area contributed by atoms with Crippen molar-refractivity contribution in [2.75, 3.05) is 7.11 Å². The number of esters is 1. The predicted molar refractivity (Wildman–Crippen MR) is 69.1 cm³/mol. The second-order valence-corrected chi connectivity index (χ2v) is 4.37. The fraction of sp³-hybridized carbons (Fsp3) is 0.429. The zero-order valence-electron chi connectivity index (χ0n) is 11.3. The number of halogens is 1. The highest BCUT2D eigenvalue weighted by atomic mass is 19.1. The number of hydrogen-bond acceptors (Lipinski definition) is 3. The van der Waals surface area contributed by atoms with Crippen molar-refractivity contribution in [3.63, 3.8) is 0 Å².